The number of nitrogens with one attached hydrogen (secondary N) is 1. The number of aliphatic carboxylic acids is 1. The number of β-lactam (4-membered cyclic amide) rings is 1. The summed E-state index contributed by atoms with van der Waals surface area (Å²) in [7, 11) is -1.61. The molecule has 0 radical (unpaired) electrons. The number of hydrogen-bond donors (Lipinski definition) is 3. The molecular weight excluding hydrogens is 324 g/mol. The van der Waals surface area contributed by atoms with E-state index in [2.05, 4.69) is 5.32 Å². The summed E-state index contributed by atoms with van der Waals surface area (Å²) in [5, 5.41) is 21.9. The first-order valence-electron chi connectivity index (χ1n) is 7.20. The molecule has 0 saturated carbocycles. The van der Waals surface area contributed by atoms with Crippen molar-refractivity contribution in [2.75, 3.05) is 12.3 Å². The minimum absolute atomic E-state index is 0.0770. The van der Waals surface area contributed by atoms with Crippen LogP contribution in [0.2, 0.25) is 0 Å². The minimum Gasteiger partial charge on any atom is -0.477 e. The van der Waals surface area contributed by atoms with Crippen LogP contribution in [-0.2, 0) is 25.2 Å². The van der Waals surface area contributed by atoms with Gasteiger partial charge in [-0.25, -0.2) is 4.79 Å². The summed E-state index contributed by atoms with van der Waals surface area (Å²) in [6.45, 7) is 4.49. The number of amides is 2. The third-order valence-corrected chi connectivity index (χ3v) is 5.50. The number of carboxylic acids is 1. The largest absolute Gasteiger partial charge is 0.477 e. The Morgan fingerprint density at radius 1 is 1.43 bits per heavy atom. The monoisotopic (exact) mass is 344 g/mol. The molecule has 9 heteroatoms. The van der Waals surface area contributed by atoms with E-state index in [9.17, 15) is 28.8 Å². The summed E-state index contributed by atoms with van der Waals surface area (Å²) in [5.74, 6) is -2.66. The van der Waals surface area contributed by atoms with Crippen LogP contribution in [0.5, 0.6) is 0 Å². The molecule has 2 rings (SSSR count). The van der Waals surface area contributed by atoms with Gasteiger partial charge in [0.2, 0.25) is 11.8 Å². The maximum Gasteiger partial charge on any atom is 0.353 e. The molecule has 1 fully saturated rings. The maximum atomic E-state index is 12.4. The Kier molecular flexibility index (Phi) is 4.63. The van der Waals surface area contributed by atoms with Gasteiger partial charge in [0, 0.05) is 30.5 Å². The summed E-state index contributed by atoms with van der Waals surface area (Å²) in [4.78, 5) is 35.8. The van der Waals surface area contributed by atoms with Crippen molar-refractivity contribution < 1.29 is 28.8 Å². The van der Waals surface area contributed by atoms with Crippen LogP contribution in [-0.4, -0.2) is 61.0 Å². The van der Waals surface area contributed by atoms with Gasteiger partial charge in [-0.3, -0.25) is 13.8 Å². The van der Waals surface area contributed by atoms with Crippen LogP contribution in [0.4, 0.5) is 0 Å². The van der Waals surface area contributed by atoms with Gasteiger partial charge >= 0.3 is 5.97 Å². The fraction of sp³-hybridized carbons (Fsp3) is 0.643. The number of carbonyl (C=O) groups excluding carboxylic acids is 2. The number of carbonyl (C=O) groups is 3. The molecular formula is C14H20N2O6S. The standard InChI is InChI=1S/C14H20N2O6S/c1-7(17)15-4-5-23(22)9-6-8-10(14(2,3)21)12(18)16(8)11(9)13(19)20/h8,10,21H,4-6H2,1-3H3,(H,15,17)(H,19,20)/t8-,10-,23?/m1/s1. The molecule has 2 aliphatic rings. The highest BCUT2D eigenvalue weighted by atomic mass is 32.2. The minimum atomic E-state index is -1.61. The molecule has 0 aliphatic carbocycles. The van der Waals surface area contributed by atoms with Gasteiger partial charge in [-0.05, 0) is 13.8 Å². The average Bonchev–Trinajstić information content (AvgIpc) is 2.71. The van der Waals surface area contributed by atoms with Crippen molar-refractivity contribution >= 4 is 28.6 Å². The van der Waals surface area contributed by atoms with Crippen molar-refractivity contribution in [3.63, 3.8) is 0 Å². The number of fused-ring (bicyclic) bond motifs is 1. The normalized spacial score (nSPS) is 25.0. The first-order chi connectivity index (χ1) is 10.6. The zero-order valence-corrected chi connectivity index (χ0v) is 14.0. The van der Waals surface area contributed by atoms with Crippen molar-refractivity contribution in [2.24, 2.45) is 5.92 Å². The Morgan fingerprint density at radius 2 is 2.04 bits per heavy atom. The van der Waals surface area contributed by atoms with E-state index in [0.717, 1.165) is 4.90 Å². The van der Waals surface area contributed by atoms with Crippen LogP contribution in [0.3, 0.4) is 0 Å². The van der Waals surface area contributed by atoms with E-state index >= 15 is 0 Å². The summed E-state index contributed by atoms with van der Waals surface area (Å²) in [6, 6.07) is -0.478. The van der Waals surface area contributed by atoms with Crippen LogP contribution in [0, 0.1) is 5.92 Å². The lowest BCUT2D eigenvalue weighted by Gasteiger charge is -2.48. The van der Waals surface area contributed by atoms with E-state index in [0.29, 0.717) is 0 Å². The van der Waals surface area contributed by atoms with Crippen molar-refractivity contribution in [3.8, 4) is 0 Å². The Morgan fingerprint density at radius 3 is 2.52 bits per heavy atom. The number of nitrogens with zero attached hydrogens (tertiary/aromatic N) is 1. The summed E-state index contributed by atoms with van der Waals surface area (Å²) in [5.41, 5.74) is -1.52. The molecule has 2 aliphatic heterocycles. The van der Waals surface area contributed by atoms with Gasteiger partial charge in [-0.2, -0.15) is 0 Å². The SMILES string of the molecule is CC(=O)NCCS(=O)C1=C(C(=O)O)N2C(=O)[C@H](C(C)(C)O)[C@H]2C1. The van der Waals surface area contributed by atoms with Crippen LogP contribution < -0.4 is 5.32 Å². The Balaban J connectivity index is 2.20. The molecule has 0 aromatic rings. The smallest absolute Gasteiger partial charge is 0.353 e. The summed E-state index contributed by atoms with van der Waals surface area (Å²) < 4.78 is 12.4. The third kappa shape index (κ3) is 3.16. The summed E-state index contributed by atoms with van der Waals surface area (Å²) >= 11 is 0. The molecule has 2 amide bonds. The lowest BCUT2D eigenvalue weighted by atomic mass is 9.76. The zero-order chi connectivity index (χ0) is 17.5. The van der Waals surface area contributed by atoms with E-state index in [4.69, 9.17) is 0 Å². The number of rotatable bonds is 6. The molecule has 2 heterocycles. The van der Waals surface area contributed by atoms with Gasteiger partial charge in [-0.15, -0.1) is 0 Å². The van der Waals surface area contributed by atoms with Crippen molar-refractivity contribution in [1.29, 1.82) is 0 Å². The van der Waals surface area contributed by atoms with E-state index in [-0.39, 0.29) is 35.2 Å². The topological polar surface area (TPSA) is 124 Å². The number of hydrogen-bond acceptors (Lipinski definition) is 5. The number of carboxylic acid groups (broad SMARTS) is 1. The molecule has 3 atom stereocenters. The lowest BCUT2D eigenvalue weighted by Crippen LogP contribution is -2.65. The molecule has 1 saturated heterocycles. The molecule has 0 aromatic carbocycles. The highest BCUT2D eigenvalue weighted by Crippen LogP contribution is 2.47. The fourth-order valence-corrected chi connectivity index (χ4v) is 4.38. The molecule has 0 bridgehead atoms. The van der Waals surface area contributed by atoms with Crippen molar-refractivity contribution in [2.45, 2.75) is 38.8 Å². The van der Waals surface area contributed by atoms with Crippen LogP contribution in [0.1, 0.15) is 27.2 Å². The van der Waals surface area contributed by atoms with Crippen LogP contribution in [0.15, 0.2) is 10.6 Å². The lowest BCUT2D eigenvalue weighted by molar-refractivity contribution is -0.169. The molecule has 0 aromatic heterocycles. The van der Waals surface area contributed by atoms with Crippen molar-refractivity contribution in [1.82, 2.24) is 10.2 Å². The Hall–Kier alpha value is -1.74. The fourth-order valence-electron chi connectivity index (χ4n) is 3.09. The van der Waals surface area contributed by atoms with E-state index < -0.39 is 40.2 Å². The van der Waals surface area contributed by atoms with Gasteiger partial charge in [0.05, 0.1) is 28.4 Å². The second-order valence-corrected chi connectivity index (χ2v) is 7.81. The molecule has 128 valence electrons. The molecule has 0 spiro atoms. The van der Waals surface area contributed by atoms with E-state index in [1.54, 1.807) is 0 Å². The zero-order valence-electron chi connectivity index (χ0n) is 13.2. The highest BCUT2D eigenvalue weighted by Gasteiger charge is 2.60. The van der Waals surface area contributed by atoms with Gasteiger partial charge < -0.3 is 20.4 Å². The predicted octanol–water partition coefficient (Wildman–Crippen LogP) is -0.831. The van der Waals surface area contributed by atoms with Gasteiger partial charge in [0.25, 0.3) is 0 Å². The van der Waals surface area contributed by atoms with Gasteiger partial charge in [-0.1, -0.05) is 0 Å². The Labute approximate surface area is 136 Å². The van der Waals surface area contributed by atoms with E-state index in [1.165, 1.54) is 20.8 Å². The van der Waals surface area contributed by atoms with E-state index in [1.807, 2.05) is 0 Å². The van der Waals surface area contributed by atoms with Crippen molar-refractivity contribution in [3.05, 3.63) is 10.6 Å². The first-order valence-corrected chi connectivity index (χ1v) is 8.52. The van der Waals surface area contributed by atoms with Crippen LogP contribution >= 0.6 is 0 Å². The maximum absolute atomic E-state index is 12.4. The highest BCUT2D eigenvalue weighted by molar-refractivity contribution is 7.89. The second kappa shape index (κ2) is 6.04. The molecule has 1 unspecified atom stereocenters. The van der Waals surface area contributed by atoms with Gasteiger partial charge in [0.15, 0.2) is 0 Å². The molecule has 23 heavy (non-hydrogen) atoms. The predicted molar refractivity (Wildman–Crippen MR) is 81.4 cm³/mol. The first kappa shape index (κ1) is 17.6. The van der Waals surface area contributed by atoms with Gasteiger partial charge in [0.1, 0.15) is 5.70 Å². The third-order valence-electron chi connectivity index (χ3n) is 4.02. The van der Waals surface area contributed by atoms with Crippen LogP contribution in [0.25, 0.3) is 0 Å². The quantitative estimate of drug-likeness (QED) is 0.540. The summed E-state index contributed by atoms with van der Waals surface area (Å²) in [6.07, 6.45) is 0.161. The molecule has 8 nitrogen and oxygen atoms in total. The second-order valence-electron chi connectivity index (χ2n) is 6.22. The Bertz CT molecular complexity index is 621. The molecule has 3 N–H and O–H groups in total. The average molecular weight is 344 g/mol. The number of aliphatic hydroxyl groups is 1.